The van der Waals surface area contributed by atoms with E-state index in [0.717, 1.165) is 12.8 Å². The molecule has 0 unspecified atom stereocenters. The Balaban J connectivity index is 1.87. The molecule has 1 aromatic carbocycles. The zero-order valence-corrected chi connectivity index (χ0v) is 14.0. The van der Waals surface area contributed by atoms with Gasteiger partial charge in [-0.3, -0.25) is 4.79 Å². The van der Waals surface area contributed by atoms with Crippen LogP contribution in [-0.4, -0.2) is 18.6 Å². The molecule has 0 spiro atoms. The monoisotopic (exact) mass is 379 g/mol. The summed E-state index contributed by atoms with van der Waals surface area (Å²) in [6.45, 7) is -0.0452. The molecule has 1 saturated carbocycles. The number of benzene rings is 1. The van der Waals surface area contributed by atoms with Gasteiger partial charge in [0, 0.05) is 11.1 Å². The summed E-state index contributed by atoms with van der Waals surface area (Å²) in [4.78, 5) is 11.9. The highest BCUT2D eigenvalue weighted by Gasteiger charge is 2.17. The summed E-state index contributed by atoms with van der Waals surface area (Å²) in [5.41, 5.74) is 0. The summed E-state index contributed by atoms with van der Waals surface area (Å²) < 4.78 is 6.12. The summed E-state index contributed by atoms with van der Waals surface area (Å²) in [7, 11) is 0. The average molecular weight is 381 g/mol. The summed E-state index contributed by atoms with van der Waals surface area (Å²) in [6, 6.07) is 3.55. The molecule has 3 nitrogen and oxygen atoms in total. The third kappa shape index (κ3) is 4.54. The number of halogens is 3. The minimum absolute atomic E-state index is 0.0452. The van der Waals surface area contributed by atoms with Crippen LogP contribution < -0.4 is 10.1 Å². The molecule has 1 amide bonds. The van der Waals surface area contributed by atoms with Crippen molar-refractivity contribution in [1.82, 2.24) is 5.32 Å². The van der Waals surface area contributed by atoms with Gasteiger partial charge in [0.2, 0.25) is 0 Å². The largest absolute Gasteiger partial charge is 0.481 e. The van der Waals surface area contributed by atoms with Gasteiger partial charge in [-0.05, 0) is 40.9 Å². The van der Waals surface area contributed by atoms with E-state index in [2.05, 4.69) is 21.2 Å². The molecular weight excluding hydrogens is 365 g/mol. The van der Waals surface area contributed by atoms with Gasteiger partial charge in [0.15, 0.2) is 12.4 Å². The first kappa shape index (κ1) is 15.9. The number of carbonyl (C=O) groups is 1. The molecule has 2 rings (SSSR count). The maximum atomic E-state index is 11.9. The third-order valence-corrected chi connectivity index (χ3v) is 4.37. The molecule has 6 heteroatoms. The lowest BCUT2D eigenvalue weighted by Gasteiger charge is -2.22. The molecule has 20 heavy (non-hydrogen) atoms. The molecule has 1 aromatic rings. The Labute approximate surface area is 137 Å². The van der Waals surface area contributed by atoms with E-state index in [1.54, 1.807) is 12.1 Å². The number of ether oxygens (including phenoxy) is 1. The van der Waals surface area contributed by atoms with E-state index in [0.29, 0.717) is 20.3 Å². The normalized spacial score (nSPS) is 15.9. The van der Waals surface area contributed by atoms with Crippen molar-refractivity contribution < 1.29 is 9.53 Å². The fourth-order valence-electron chi connectivity index (χ4n) is 2.32. The maximum Gasteiger partial charge on any atom is 0.258 e. The van der Waals surface area contributed by atoms with Gasteiger partial charge in [-0.25, -0.2) is 0 Å². The lowest BCUT2D eigenvalue weighted by Crippen LogP contribution is -2.39. The molecule has 0 aliphatic heterocycles. The average Bonchev–Trinajstić information content (AvgIpc) is 2.38. The lowest BCUT2D eigenvalue weighted by atomic mass is 9.95. The van der Waals surface area contributed by atoms with Crippen LogP contribution in [0.25, 0.3) is 0 Å². The zero-order chi connectivity index (χ0) is 14.5. The quantitative estimate of drug-likeness (QED) is 0.829. The molecule has 1 fully saturated rings. The van der Waals surface area contributed by atoms with Crippen LogP contribution in [0.2, 0.25) is 10.0 Å². The van der Waals surface area contributed by atoms with Crippen LogP contribution in [0, 0.1) is 0 Å². The first-order valence-corrected chi connectivity index (χ1v) is 8.18. The van der Waals surface area contributed by atoms with Gasteiger partial charge < -0.3 is 10.1 Å². The molecule has 110 valence electrons. The topological polar surface area (TPSA) is 38.3 Å². The highest BCUT2D eigenvalue weighted by atomic mass is 79.9. The van der Waals surface area contributed by atoms with E-state index in [1.165, 1.54) is 19.3 Å². The second-order valence-electron chi connectivity index (χ2n) is 4.89. The van der Waals surface area contributed by atoms with Gasteiger partial charge in [0.1, 0.15) is 0 Å². The molecule has 0 aromatic heterocycles. The Hall–Kier alpha value is -0.450. The van der Waals surface area contributed by atoms with Crippen LogP contribution in [0.5, 0.6) is 5.75 Å². The van der Waals surface area contributed by atoms with Crippen molar-refractivity contribution in [3.8, 4) is 5.75 Å². The molecule has 0 bridgehead atoms. The van der Waals surface area contributed by atoms with Gasteiger partial charge in [0.05, 0.1) is 9.50 Å². The van der Waals surface area contributed by atoms with Crippen LogP contribution in [-0.2, 0) is 4.79 Å². The van der Waals surface area contributed by atoms with Gasteiger partial charge >= 0.3 is 0 Å². The first-order valence-electron chi connectivity index (χ1n) is 6.63. The van der Waals surface area contributed by atoms with Crippen LogP contribution >= 0.6 is 39.1 Å². The summed E-state index contributed by atoms with van der Waals surface area (Å²) >= 11 is 15.2. The fraction of sp³-hybridized carbons (Fsp3) is 0.500. The van der Waals surface area contributed by atoms with Gasteiger partial charge in [0.25, 0.3) is 5.91 Å². The van der Waals surface area contributed by atoms with Crippen LogP contribution in [0.3, 0.4) is 0 Å². The number of hydrogen-bond acceptors (Lipinski definition) is 2. The third-order valence-electron chi connectivity index (χ3n) is 3.28. The number of amides is 1. The molecule has 0 atom stereocenters. The standard InChI is InChI=1S/C14H16BrCl2NO2/c15-11-6-9(16)7-12(17)14(11)20-8-13(19)18-10-4-2-1-3-5-10/h6-7,10H,1-5,8H2,(H,18,19). The highest BCUT2D eigenvalue weighted by molar-refractivity contribution is 9.10. The van der Waals surface area contributed by atoms with Crippen molar-refractivity contribution in [2.75, 3.05) is 6.61 Å². The maximum absolute atomic E-state index is 11.9. The molecule has 1 aliphatic carbocycles. The van der Waals surface area contributed by atoms with E-state index in [4.69, 9.17) is 27.9 Å². The minimum atomic E-state index is -0.116. The van der Waals surface area contributed by atoms with E-state index in [1.807, 2.05) is 0 Å². The molecule has 0 saturated heterocycles. The number of hydrogen-bond donors (Lipinski definition) is 1. The van der Waals surface area contributed by atoms with E-state index in [9.17, 15) is 4.79 Å². The number of rotatable bonds is 4. The van der Waals surface area contributed by atoms with Crippen LogP contribution in [0.1, 0.15) is 32.1 Å². The second-order valence-corrected chi connectivity index (χ2v) is 6.59. The van der Waals surface area contributed by atoms with E-state index in [-0.39, 0.29) is 18.6 Å². The molecular formula is C14H16BrCl2NO2. The first-order chi connectivity index (χ1) is 9.56. The Bertz CT molecular complexity index is 467. The Morgan fingerprint density at radius 1 is 1.30 bits per heavy atom. The lowest BCUT2D eigenvalue weighted by molar-refractivity contribution is -0.124. The smallest absolute Gasteiger partial charge is 0.258 e. The predicted octanol–water partition coefficient (Wildman–Crippen LogP) is 4.58. The van der Waals surface area contributed by atoms with Crippen molar-refractivity contribution in [3.63, 3.8) is 0 Å². The number of carbonyl (C=O) groups excluding carboxylic acids is 1. The molecule has 1 aliphatic rings. The van der Waals surface area contributed by atoms with Gasteiger partial charge in [-0.1, -0.05) is 42.5 Å². The highest BCUT2D eigenvalue weighted by Crippen LogP contribution is 2.35. The zero-order valence-electron chi connectivity index (χ0n) is 10.9. The summed E-state index contributed by atoms with van der Waals surface area (Å²) in [6.07, 6.45) is 5.73. The Morgan fingerprint density at radius 2 is 2.00 bits per heavy atom. The molecule has 1 N–H and O–H groups in total. The Kier molecular flexibility index (Phi) is 6.00. The van der Waals surface area contributed by atoms with Gasteiger partial charge in [-0.15, -0.1) is 0 Å². The Morgan fingerprint density at radius 3 is 2.65 bits per heavy atom. The fourth-order valence-corrected chi connectivity index (χ4v) is 3.69. The molecule has 0 radical (unpaired) electrons. The van der Waals surface area contributed by atoms with Crippen molar-refractivity contribution in [3.05, 3.63) is 26.7 Å². The van der Waals surface area contributed by atoms with Gasteiger partial charge in [-0.2, -0.15) is 0 Å². The van der Waals surface area contributed by atoms with Crippen molar-refractivity contribution in [2.24, 2.45) is 0 Å². The van der Waals surface area contributed by atoms with Crippen LogP contribution in [0.15, 0.2) is 16.6 Å². The minimum Gasteiger partial charge on any atom is -0.481 e. The predicted molar refractivity (Wildman–Crippen MR) is 84.7 cm³/mol. The van der Waals surface area contributed by atoms with Crippen molar-refractivity contribution in [1.29, 1.82) is 0 Å². The van der Waals surface area contributed by atoms with Crippen molar-refractivity contribution >= 4 is 45.0 Å². The van der Waals surface area contributed by atoms with E-state index < -0.39 is 0 Å². The van der Waals surface area contributed by atoms with Crippen molar-refractivity contribution in [2.45, 2.75) is 38.1 Å². The van der Waals surface area contributed by atoms with E-state index >= 15 is 0 Å². The second kappa shape index (κ2) is 7.53. The SMILES string of the molecule is O=C(COc1c(Cl)cc(Cl)cc1Br)NC1CCCCC1. The van der Waals surface area contributed by atoms with Crippen LogP contribution in [0.4, 0.5) is 0 Å². The molecule has 0 heterocycles. The summed E-state index contributed by atoms with van der Waals surface area (Å²) in [5.74, 6) is 0.324. The summed E-state index contributed by atoms with van der Waals surface area (Å²) in [5, 5.41) is 3.89. The number of nitrogens with one attached hydrogen (secondary N) is 1.